The Hall–Kier alpha value is -7.09. The van der Waals surface area contributed by atoms with Gasteiger partial charge in [0.2, 0.25) is 0 Å². The van der Waals surface area contributed by atoms with Gasteiger partial charge in [-0.2, -0.15) is 5.26 Å². The van der Waals surface area contributed by atoms with Gasteiger partial charge in [0.1, 0.15) is 0 Å². The fraction of sp³-hybridized carbons (Fsp3) is 0. The van der Waals surface area contributed by atoms with E-state index in [1.165, 1.54) is 59.6 Å². The molecule has 3 heterocycles. The molecule has 8 aromatic carbocycles. The van der Waals surface area contributed by atoms with Gasteiger partial charge in [0.05, 0.1) is 34.1 Å². The van der Waals surface area contributed by atoms with Crippen molar-refractivity contribution < 1.29 is 0 Å². The highest BCUT2D eigenvalue weighted by Gasteiger charge is 2.20. The zero-order chi connectivity index (χ0) is 33.6. The molecule has 0 amide bonds. The fourth-order valence-corrected chi connectivity index (χ4v) is 8.28. The van der Waals surface area contributed by atoms with Crippen molar-refractivity contribution in [3.8, 4) is 45.4 Å². The van der Waals surface area contributed by atoms with Crippen LogP contribution in [0.2, 0.25) is 0 Å². The number of hydrogen-bond donors (Lipinski definition) is 0. The quantitative estimate of drug-likeness (QED) is 0.179. The molecule has 0 saturated heterocycles. The zero-order valence-corrected chi connectivity index (χ0v) is 27.3. The van der Waals surface area contributed by atoms with Crippen LogP contribution in [0.4, 0.5) is 0 Å². The van der Waals surface area contributed by atoms with Gasteiger partial charge in [-0.3, -0.25) is 4.98 Å². The smallest absolute Gasteiger partial charge is 0.0992 e. The second-order valence-electron chi connectivity index (χ2n) is 13.4. The van der Waals surface area contributed by atoms with E-state index >= 15 is 0 Å². The Morgan fingerprint density at radius 1 is 0.431 bits per heavy atom. The first-order valence-corrected chi connectivity index (χ1v) is 17.1. The summed E-state index contributed by atoms with van der Waals surface area (Å²) in [6.07, 6.45) is 3.61. The summed E-state index contributed by atoms with van der Waals surface area (Å²) in [4.78, 5) is 9.20. The van der Waals surface area contributed by atoms with E-state index in [0.717, 1.165) is 44.6 Å². The molecule has 0 atom stereocenters. The molecular weight excluding hydrogens is 621 g/mol. The van der Waals surface area contributed by atoms with Crippen LogP contribution in [0.15, 0.2) is 158 Å². The van der Waals surface area contributed by atoms with Crippen LogP contribution >= 0.6 is 0 Å². The normalized spacial score (nSPS) is 11.9. The maximum absolute atomic E-state index is 9.89. The molecular formula is C47H26N4. The van der Waals surface area contributed by atoms with Crippen molar-refractivity contribution in [2.24, 2.45) is 0 Å². The first-order valence-electron chi connectivity index (χ1n) is 17.1. The highest BCUT2D eigenvalue weighted by atomic mass is 15.0. The maximum atomic E-state index is 9.89. The van der Waals surface area contributed by atoms with Gasteiger partial charge >= 0.3 is 0 Å². The molecule has 0 aliphatic carbocycles. The summed E-state index contributed by atoms with van der Waals surface area (Å²) in [6.45, 7) is 0. The Balaban J connectivity index is 1.09. The number of nitrogens with zero attached hydrogens (tertiary/aromatic N) is 4. The van der Waals surface area contributed by atoms with Gasteiger partial charge < -0.3 is 4.57 Å². The molecule has 0 N–H and O–H groups in total. The molecule has 4 heteroatoms. The van der Waals surface area contributed by atoms with Gasteiger partial charge in [-0.15, -0.1) is 0 Å². The monoisotopic (exact) mass is 646 g/mol. The van der Waals surface area contributed by atoms with Crippen molar-refractivity contribution in [2.75, 3.05) is 0 Å². The third-order valence-electron chi connectivity index (χ3n) is 10.5. The lowest BCUT2D eigenvalue weighted by Crippen LogP contribution is -1.94. The van der Waals surface area contributed by atoms with Crippen LogP contribution in [0, 0.1) is 11.3 Å². The Morgan fingerprint density at radius 3 is 1.55 bits per heavy atom. The highest BCUT2D eigenvalue weighted by Crippen LogP contribution is 2.44. The Bertz CT molecular complexity index is 3120. The molecule has 51 heavy (non-hydrogen) atoms. The molecule has 3 aromatic heterocycles. The SMILES string of the molecule is N#Cc1cc2ccc3cc(-c4cc5ccc6cc(-c7cccc(-c8ccncc8)n7)cc7ccc(c4)c5c67)cc4c3c2c(c1)n4-c1ccccc1. The standard InChI is InChI=1S/C47H26N4/c48-27-28-19-30-9-14-35-23-37(26-43-47(35)46(30)42(20-28)51(43)39-5-2-1-3-6-39)36-21-31-10-12-33-24-38(25-34-13-11-32(22-36)44(31)45(33)34)41-8-4-7-40(50-41)29-15-17-49-18-16-29/h1-26H. The number of para-hydroxylation sites is 1. The summed E-state index contributed by atoms with van der Waals surface area (Å²) in [5.74, 6) is 0. The van der Waals surface area contributed by atoms with Gasteiger partial charge in [-0.25, -0.2) is 4.98 Å². The summed E-state index contributed by atoms with van der Waals surface area (Å²) in [6, 6.07) is 54.3. The second-order valence-corrected chi connectivity index (χ2v) is 13.4. The van der Waals surface area contributed by atoms with Crippen LogP contribution in [0.3, 0.4) is 0 Å². The van der Waals surface area contributed by atoms with E-state index in [9.17, 15) is 5.26 Å². The summed E-state index contributed by atoms with van der Waals surface area (Å²) in [5, 5.41) is 22.0. The number of pyridine rings is 2. The van der Waals surface area contributed by atoms with E-state index in [4.69, 9.17) is 4.98 Å². The van der Waals surface area contributed by atoms with Crippen LogP contribution in [0.5, 0.6) is 0 Å². The highest BCUT2D eigenvalue weighted by molar-refractivity contribution is 6.27. The van der Waals surface area contributed by atoms with Crippen LogP contribution in [0.25, 0.3) is 104 Å². The minimum absolute atomic E-state index is 0.666. The Labute approximate surface area is 292 Å². The lowest BCUT2D eigenvalue weighted by Gasteiger charge is -2.15. The van der Waals surface area contributed by atoms with Gasteiger partial charge in [0.25, 0.3) is 0 Å². The van der Waals surface area contributed by atoms with E-state index in [1.807, 2.05) is 36.4 Å². The maximum Gasteiger partial charge on any atom is 0.0992 e. The van der Waals surface area contributed by atoms with Crippen molar-refractivity contribution in [1.29, 1.82) is 5.26 Å². The number of hydrogen-bond acceptors (Lipinski definition) is 3. The van der Waals surface area contributed by atoms with Crippen LogP contribution in [-0.4, -0.2) is 14.5 Å². The summed E-state index contributed by atoms with van der Waals surface area (Å²) in [5.41, 5.74) is 10.3. The first-order chi connectivity index (χ1) is 25.2. The second kappa shape index (κ2) is 10.5. The molecule has 0 spiro atoms. The molecule has 11 rings (SSSR count). The van der Waals surface area contributed by atoms with Crippen LogP contribution in [-0.2, 0) is 0 Å². The van der Waals surface area contributed by atoms with Crippen molar-refractivity contribution in [3.05, 3.63) is 164 Å². The molecule has 234 valence electrons. The molecule has 0 saturated carbocycles. The van der Waals surface area contributed by atoms with E-state index < -0.39 is 0 Å². The summed E-state index contributed by atoms with van der Waals surface area (Å²) in [7, 11) is 0. The molecule has 0 bridgehead atoms. The van der Waals surface area contributed by atoms with E-state index in [-0.39, 0.29) is 0 Å². The number of nitriles is 1. The topological polar surface area (TPSA) is 54.5 Å². The molecule has 0 aliphatic heterocycles. The largest absolute Gasteiger partial charge is 0.309 e. The third-order valence-corrected chi connectivity index (χ3v) is 10.5. The molecule has 0 radical (unpaired) electrons. The predicted molar refractivity (Wildman–Crippen MR) is 210 cm³/mol. The average Bonchev–Trinajstić information content (AvgIpc) is 3.53. The summed E-state index contributed by atoms with van der Waals surface area (Å²) >= 11 is 0. The number of rotatable bonds is 4. The molecule has 11 aromatic rings. The van der Waals surface area contributed by atoms with Crippen molar-refractivity contribution >= 4 is 64.9 Å². The first kappa shape index (κ1) is 27.8. The van der Waals surface area contributed by atoms with Gasteiger partial charge in [-0.05, 0) is 139 Å². The van der Waals surface area contributed by atoms with Crippen LogP contribution < -0.4 is 0 Å². The molecule has 0 fully saturated rings. The molecule has 4 nitrogen and oxygen atoms in total. The number of benzene rings is 8. The summed E-state index contributed by atoms with van der Waals surface area (Å²) < 4.78 is 2.32. The van der Waals surface area contributed by atoms with Crippen molar-refractivity contribution in [3.63, 3.8) is 0 Å². The Morgan fingerprint density at radius 2 is 0.941 bits per heavy atom. The fourth-order valence-electron chi connectivity index (χ4n) is 8.28. The van der Waals surface area contributed by atoms with Gasteiger partial charge in [-0.1, -0.05) is 60.7 Å². The molecule has 0 unspecified atom stereocenters. The predicted octanol–water partition coefficient (Wildman–Crippen LogP) is 11.9. The minimum Gasteiger partial charge on any atom is -0.309 e. The van der Waals surface area contributed by atoms with E-state index in [0.29, 0.717) is 5.56 Å². The molecule has 0 aliphatic rings. The lowest BCUT2D eigenvalue weighted by atomic mass is 9.89. The van der Waals surface area contributed by atoms with Crippen molar-refractivity contribution in [1.82, 2.24) is 14.5 Å². The average molecular weight is 647 g/mol. The lowest BCUT2D eigenvalue weighted by molar-refractivity contribution is 1.18. The van der Waals surface area contributed by atoms with Crippen LogP contribution in [0.1, 0.15) is 5.56 Å². The van der Waals surface area contributed by atoms with Crippen molar-refractivity contribution in [2.45, 2.75) is 0 Å². The zero-order valence-electron chi connectivity index (χ0n) is 27.3. The number of aromatic nitrogens is 3. The van der Waals surface area contributed by atoms with Gasteiger partial charge in [0.15, 0.2) is 0 Å². The van der Waals surface area contributed by atoms with E-state index in [2.05, 4.69) is 125 Å². The van der Waals surface area contributed by atoms with E-state index in [1.54, 1.807) is 12.4 Å². The third kappa shape index (κ3) is 4.13. The minimum atomic E-state index is 0.666. The Kier molecular flexibility index (Phi) is 5.70. The van der Waals surface area contributed by atoms with Gasteiger partial charge in [0, 0.05) is 40.0 Å².